The van der Waals surface area contributed by atoms with Gasteiger partial charge in [-0.1, -0.05) is 60.5 Å². The maximum absolute atomic E-state index is 13.0. The molecule has 1 N–H and O–H groups in total. The molecule has 1 aliphatic heterocycles. The summed E-state index contributed by atoms with van der Waals surface area (Å²) >= 11 is 3.63. The highest BCUT2D eigenvalue weighted by Crippen LogP contribution is 2.35. The van der Waals surface area contributed by atoms with E-state index in [9.17, 15) is 4.79 Å². The van der Waals surface area contributed by atoms with Gasteiger partial charge >= 0.3 is 0 Å². The molecule has 1 unspecified atom stereocenters. The first-order valence-corrected chi connectivity index (χ1v) is 10.8. The number of nitrogens with one attached hydrogen (secondary N) is 1. The highest BCUT2D eigenvalue weighted by molar-refractivity contribution is 9.10. The van der Waals surface area contributed by atoms with Crippen LogP contribution >= 0.6 is 15.9 Å². The molecule has 4 nitrogen and oxygen atoms in total. The molecular formula is C22H29BrN2O2. The summed E-state index contributed by atoms with van der Waals surface area (Å²) in [6.07, 6.45) is 4.39. The van der Waals surface area contributed by atoms with E-state index in [1.165, 1.54) is 6.42 Å². The number of ether oxygens (including phenoxy) is 1. The number of nitrogens with zero attached hydrogens (tertiary/aromatic N) is 1. The molecule has 1 amide bonds. The minimum atomic E-state index is -0.0593. The van der Waals surface area contributed by atoms with Gasteiger partial charge in [0.1, 0.15) is 5.75 Å². The number of carbonyl (C=O) groups is 1. The van der Waals surface area contributed by atoms with Crippen LogP contribution in [0.25, 0.3) is 10.8 Å². The molecule has 2 aromatic carbocycles. The number of rotatable bonds is 8. The molecule has 0 spiro atoms. The van der Waals surface area contributed by atoms with Gasteiger partial charge in [0, 0.05) is 22.4 Å². The van der Waals surface area contributed by atoms with Gasteiger partial charge in [0.25, 0.3) is 5.91 Å². The van der Waals surface area contributed by atoms with E-state index in [1.807, 2.05) is 30.3 Å². The predicted octanol–water partition coefficient (Wildman–Crippen LogP) is 5.00. The highest BCUT2D eigenvalue weighted by Gasteiger charge is 2.24. The maximum atomic E-state index is 13.0. The van der Waals surface area contributed by atoms with Crippen LogP contribution in [0.2, 0.25) is 0 Å². The molecule has 1 saturated heterocycles. The largest absolute Gasteiger partial charge is 0.492 e. The molecule has 1 heterocycles. The topological polar surface area (TPSA) is 41.6 Å². The SMILES string of the molecule is CCCCOc1c(C(=O)NCC2CCCN2CC)cc(Br)c2ccccc12. The molecule has 1 aliphatic rings. The second kappa shape index (κ2) is 9.56. The quantitative estimate of drug-likeness (QED) is 0.596. The lowest BCUT2D eigenvalue weighted by Gasteiger charge is -2.23. The first-order chi connectivity index (χ1) is 13.2. The Hall–Kier alpha value is -1.59. The fourth-order valence-corrected chi connectivity index (χ4v) is 4.37. The third kappa shape index (κ3) is 4.64. The van der Waals surface area contributed by atoms with Gasteiger partial charge in [-0.2, -0.15) is 0 Å². The first kappa shape index (κ1) is 20.2. The zero-order valence-corrected chi connectivity index (χ0v) is 17.8. The number of amides is 1. The molecule has 0 radical (unpaired) electrons. The lowest BCUT2D eigenvalue weighted by molar-refractivity contribution is 0.0937. The summed E-state index contributed by atoms with van der Waals surface area (Å²) in [6, 6.07) is 10.4. The van der Waals surface area contributed by atoms with E-state index in [4.69, 9.17) is 4.74 Å². The van der Waals surface area contributed by atoms with Crippen LogP contribution in [-0.2, 0) is 0 Å². The van der Waals surface area contributed by atoms with Crippen molar-refractivity contribution in [2.45, 2.75) is 45.6 Å². The van der Waals surface area contributed by atoms with Crippen LogP contribution < -0.4 is 10.1 Å². The molecule has 0 aromatic heterocycles. The molecule has 2 aromatic rings. The van der Waals surface area contributed by atoms with Crippen LogP contribution in [0.4, 0.5) is 0 Å². The van der Waals surface area contributed by atoms with Crippen molar-refractivity contribution in [3.63, 3.8) is 0 Å². The van der Waals surface area contributed by atoms with E-state index >= 15 is 0 Å². The Bertz CT molecular complexity index is 793. The number of likely N-dealkylation sites (N-methyl/N-ethyl adjacent to an activating group) is 1. The van der Waals surface area contributed by atoms with Crippen LogP contribution in [0.5, 0.6) is 5.75 Å². The third-order valence-electron chi connectivity index (χ3n) is 5.34. The van der Waals surface area contributed by atoms with E-state index in [-0.39, 0.29) is 5.91 Å². The average molecular weight is 433 g/mol. The zero-order chi connectivity index (χ0) is 19.2. The van der Waals surface area contributed by atoms with Gasteiger partial charge in [-0.15, -0.1) is 0 Å². The molecule has 0 aliphatic carbocycles. The number of halogens is 1. The van der Waals surface area contributed by atoms with Crippen LogP contribution in [0.3, 0.4) is 0 Å². The third-order valence-corrected chi connectivity index (χ3v) is 5.99. The molecular weight excluding hydrogens is 404 g/mol. The minimum Gasteiger partial charge on any atom is -0.492 e. The molecule has 3 rings (SSSR count). The number of benzene rings is 2. The maximum Gasteiger partial charge on any atom is 0.255 e. The Balaban J connectivity index is 1.85. The Kier molecular flexibility index (Phi) is 7.13. The molecule has 0 bridgehead atoms. The van der Waals surface area contributed by atoms with Gasteiger partial charge in [-0.05, 0) is 43.8 Å². The smallest absolute Gasteiger partial charge is 0.255 e. The summed E-state index contributed by atoms with van der Waals surface area (Å²) in [5.74, 6) is 0.634. The first-order valence-electron chi connectivity index (χ1n) is 10.0. The fourth-order valence-electron chi connectivity index (χ4n) is 3.80. The Morgan fingerprint density at radius 3 is 2.81 bits per heavy atom. The zero-order valence-electron chi connectivity index (χ0n) is 16.3. The lowest BCUT2D eigenvalue weighted by Crippen LogP contribution is -2.40. The van der Waals surface area contributed by atoms with Crippen molar-refractivity contribution in [1.82, 2.24) is 10.2 Å². The summed E-state index contributed by atoms with van der Waals surface area (Å²) < 4.78 is 7.01. The normalized spacial score (nSPS) is 17.4. The van der Waals surface area contributed by atoms with Crippen molar-refractivity contribution in [2.24, 2.45) is 0 Å². The van der Waals surface area contributed by atoms with Crippen LogP contribution in [-0.4, -0.2) is 43.1 Å². The van der Waals surface area contributed by atoms with Crippen LogP contribution in [0, 0.1) is 0 Å². The van der Waals surface area contributed by atoms with E-state index in [0.717, 1.165) is 47.6 Å². The molecule has 146 valence electrons. The van der Waals surface area contributed by atoms with Crippen molar-refractivity contribution in [2.75, 3.05) is 26.2 Å². The standard InChI is InChI=1S/C22H29BrN2O2/c1-3-5-13-27-21-18-11-7-6-10-17(18)20(23)14-19(21)22(26)24-15-16-9-8-12-25(16)4-2/h6-7,10-11,14,16H,3-5,8-9,12-13,15H2,1-2H3,(H,24,26). The van der Waals surface area contributed by atoms with Gasteiger partial charge in [-0.3, -0.25) is 9.69 Å². The van der Waals surface area contributed by atoms with Crippen molar-refractivity contribution >= 4 is 32.6 Å². The van der Waals surface area contributed by atoms with E-state index < -0.39 is 0 Å². The molecule has 27 heavy (non-hydrogen) atoms. The number of carbonyl (C=O) groups excluding carboxylic acids is 1. The highest BCUT2D eigenvalue weighted by atomic mass is 79.9. The molecule has 1 fully saturated rings. The van der Waals surface area contributed by atoms with Crippen LogP contribution in [0.1, 0.15) is 49.9 Å². The fraction of sp³-hybridized carbons (Fsp3) is 0.500. The summed E-state index contributed by atoms with van der Waals surface area (Å²) in [7, 11) is 0. The Morgan fingerprint density at radius 2 is 2.07 bits per heavy atom. The van der Waals surface area contributed by atoms with Crippen LogP contribution in [0.15, 0.2) is 34.8 Å². The Morgan fingerprint density at radius 1 is 1.30 bits per heavy atom. The number of unbranched alkanes of at least 4 members (excludes halogenated alkanes) is 1. The van der Waals surface area contributed by atoms with Crippen molar-refractivity contribution in [3.05, 3.63) is 40.4 Å². The van der Waals surface area contributed by atoms with E-state index in [2.05, 4.69) is 40.0 Å². The molecule has 5 heteroatoms. The van der Waals surface area contributed by atoms with Crippen molar-refractivity contribution in [1.29, 1.82) is 0 Å². The van der Waals surface area contributed by atoms with Gasteiger partial charge in [-0.25, -0.2) is 0 Å². The predicted molar refractivity (Wildman–Crippen MR) is 115 cm³/mol. The van der Waals surface area contributed by atoms with Gasteiger partial charge in [0.15, 0.2) is 0 Å². The van der Waals surface area contributed by atoms with Gasteiger partial charge in [0.05, 0.1) is 12.2 Å². The van der Waals surface area contributed by atoms with Crippen molar-refractivity contribution < 1.29 is 9.53 Å². The number of likely N-dealkylation sites (tertiary alicyclic amines) is 1. The number of fused-ring (bicyclic) bond motifs is 1. The Labute approximate surface area is 170 Å². The summed E-state index contributed by atoms with van der Waals surface area (Å²) in [6.45, 7) is 7.79. The van der Waals surface area contributed by atoms with Gasteiger partial charge in [0.2, 0.25) is 0 Å². The van der Waals surface area contributed by atoms with Gasteiger partial charge < -0.3 is 10.1 Å². The number of hydrogen-bond acceptors (Lipinski definition) is 3. The van der Waals surface area contributed by atoms with E-state index in [1.54, 1.807) is 0 Å². The second-order valence-corrected chi connectivity index (χ2v) is 7.97. The summed E-state index contributed by atoms with van der Waals surface area (Å²) in [5, 5.41) is 5.19. The molecule has 1 atom stereocenters. The van der Waals surface area contributed by atoms with E-state index in [0.29, 0.717) is 30.5 Å². The van der Waals surface area contributed by atoms with Crippen molar-refractivity contribution in [3.8, 4) is 5.75 Å². The lowest BCUT2D eigenvalue weighted by atomic mass is 10.0. The monoisotopic (exact) mass is 432 g/mol. The summed E-state index contributed by atoms with van der Waals surface area (Å²) in [5.41, 5.74) is 0.609. The minimum absolute atomic E-state index is 0.0593. The molecule has 0 saturated carbocycles. The average Bonchev–Trinajstić information content (AvgIpc) is 3.15. The second-order valence-electron chi connectivity index (χ2n) is 7.12. The summed E-state index contributed by atoms with van der Waals surface area (Å²) in [4.78, 5) is 15.5. The number of hydrogen-bond donors (Lipinski definition) is 1.